The lowest BCUT2D eigenvalue weighted by Gasteiger charge is -2.19. The Bertz CT molecular complexity index is 549. The molecule has 0 amide bonds. The van der Waals surface area contributed by atoms with Crippen molar-refractivity contribution in [1.29, 1.82) is 0 Å². The maximum absolute atomic E-state index is 5.99. The molecule has 0 saturated heterocycles. The largest absolute Gasteiger partial charge is 0.303 e. The molecule has 3 rings (SSSR count). The number of halogens is 1. The van der Waals surface area contributed by atoms with Gasteiger partial charge in [-0.1, -0.05) is 35.9 Å². The van der Waals surface area contributed by atoms with Crippen LogP contribution in [-0.2, 0) is 6.42 Å². The van der Waals surface area contributed by atoms with E-state index >= 15 is 0 Å². The molecular weight excluding hydrogens is 262 g/mol. The zero-order valence-electron chi connectivity index (χ0n) is 10.3. The van der Waals surface area contributed by atoms with Crippen molar-refractivity contribution >= 4 is 22.9 Å². The van der Waals surface area contributed by atoms with E-state index in [0.717, 1.165) is 4.34 Å². The Labute approximate surface area is 117 Å². The van der Waals surface area contributed by atoms with Crippen LogP contribution in [0.1, 0.15) is 41.4 Å². The number of fused-ring (bicyclic) bond motifs is 1. The smallest absolute Gasteiger partial charge is 0.0931 e. The molecule has 0 bridgehead atoms. The van der Waals surface area contributed by atoms with Gasteiger partial charge < -0.3 is 5.32 Å². The molecule has 2 atom stereocenters. The summed E-state index contributed by atoms with van der Waals surface area (Å²) in [6.07, 6.45) is 2.38. The topological polar surface area (TPSA) is 12.0 Å². The van der Waals surface area contributed by atoms with Crippen LogP contribution in [0, 0.1) is 0 Å². The van der Waals surface area contributed by atoms with E-state index in [9.17, 15) is 0 Å². The van der Waals surface area contributed by atoms with Gasteiger partial charge in [0.2, 0.25) is 0 Å². The molecule has 18 heavy (non-hydrogen) atoms. The summed E-state index contributed by atoms with van der Waals surface area (Å²) in [5, 5.41) is 3.72. The monoisotopic (exact) mass is 277 g/mol. The van der Waals surface area contributed by atoms with Gasteiger partial charge in [0.15, 0.2) is 0 Å². The zero-order valence-corrected chi connectivity index (χ0v) is 11.9. The summed E-state index contributed by atoms with van der Waals surface area (Å²) in [6, 6.07) is 13.7. The quantitative estimate of drug-likeness (QED) is 0.854. The van der Waals surface area contributed by atoms with E-state index in [1.807, 2.05) is 6.07 Å². The summed E-state index contributed by atoms with van der Waals surface area (Å²) in [5.74, 6) is 0. The van der Waals surface area contributed by atoms with E-state index < -0.39 is 0 Å². The van der Waals surface area contributed by atoms with E-state index in [-0.39, 0.29) is 0 Å². The average molecular weight is 278 g/mol. The number of rotatable bonds is 3. The highest BCUT2D eigenvalue weighted by Gasteiger charge is 2.23. The molecule has 2 unspecified atom stereocenters. The van der Waals surface area contributed by atoms with Crippen molar-refractivity contribution in [3.05, 3.63) is 56.7 Å². The van der Waals surface area contributed by atoms with Crippen LogP contribution in [0.4, 0.5) is 0 Å². The summed E-state index contributed by atoms with van der Waals surface area (Å²) in [7, 11) is 0. The summed E-state index contributed by atoms with van der Waals surface area (Å²) >= 11 is 7.66. The Morgan fingerprint density at radius 1 is 1.28 bits per heavy atom. The second kappa shape index (κ2) is 5.04. The Balaban J connectivity index is 1.75. The molecule has 3 heteroatoms. The molecule has 0 saturated carbocycles. The highest BCUT2D eigenvalue weighted by Crippen LogP contribution is 2.34. The van der Waals surface area contributed by atoms with Crippen molar-refractivity contribution in [2.24, 2.45) is 0 Å². The van der Waals surface area contributed by atoms with Crippen molar-refractivity contribution in [3.63, 3.8) is 0 Å². The number of aryl methyl sites for hydroxylation is 1. The predicted molar refractivity (Wildman–Crippen MR) is 78.4 cm³/mol. The van der Waals surface area contributed by atoms with E-state index in [1.54, 1.807) is 11.3 Å². The maximum Gasteiger partial charge on any atom is 0.0931 e. The molecule has 1 aliphatic carbocycles. The number of benzene rings is 1. The molecule has 1 aromatic carbocycles. The third-order valence-corrected chi connectivity index (χ3v) is 5.02. The fourth-order valence-electron chi connectivity index (χ4n) is 2.68. The maximum atomic E-state index is 5.99. The van der Waals surface area contributed by atoms with E-state index in [2.05, 4.69) is 42.6 Å². The van der Waals surface area contributed by atoms with Crippen molar-refractivity contribution in [2.75, 3.05) is 0 Å². The van der Waals surface area contributed by atoms with E-state index in [1.165, 1.54) is 28.8 Å². The third kappa shape index (κ3) is 2.33. The third-order valence-electron chi connectivity index (χ3n) is 3.60. The first-order valence-electron chi connectivity index (χ1n) is 6.33. The molecule has 94 valence electrons. The van der Waals surface area contributed by atoms with Crippen LogP contribution >= 0.6 is 22.9 Å². The lowest BCUT2D eigenvalue weighted by atomic mass is 10.1. The normalized spacial score (nSPS) is 19.8. The van der Waals surface area contributed by atoms with Gasteiger partial charge in [-0.25, -0.2) is 0 Å². The molecular formula is C15H16ClNS. The fourth-order valence-corrected chi connectivity index (χ4v) is 3.75. The molecule has 0 spiro atoms. The minimum Gasteiger partial charge on any atom is -0.303 e. The van der Waals surface area contributed by atoms with Crippen molar-refractivity contribution in [2.45, 2.75) is 31.8 Å². The molecule has 0 radical (unpaired) electrons. The highest BCUT2D eigenvalue weighted by atomic mass is 35.5. The Kier molecular flexibility index (Phi) is 3.42. The first-order valence-corrected chi connectivity index (χ1v) is 7.52. The molecule has 0 aliphatic heterocycles. The van der Waals surface area contributed by atoms with E-state index in [0.29, 0.717) is 12.1 Å². The van der Waals surface area contributed by atoms with Crippen LogP contribution < -0.4 is 5.32 Å². The fraction of sp³-hybridized carbons (Fsp3) is 0.333. The number of nitrogens with one attached hydrogen (secondary N) is 1. The molecule has 2 aromatic rings. The Morgan fingerprint density at radius 2 is 2.11 bits per heavy atom. The second-order valence-corrected chi connectivity index (χ2v) is 6.57. The van der Waals surface area contributed by atoms with Crippen molar-refractivity contribution < 1.29 is 0 Å². The first kappa shape index (κ1) is 12.2. The van der Waals surface area contributed by atoms with Crippen LogP contribution in [0.25, 0.3) is 0 Å². The summed E-state index contributed by atoms with van der Waals surface area (Å²) in [4.78, 5) is 1.31. The van der Waals surface area contributed by atoms with Crippen molar-refractivity contribution in [1.82, 2.24) is 5.32 Å². The predicted octanol–water partition coefficient (Wildman–Crippen LogP) is 4.74. The number of thiophene rings is 1. The molecule has 1 N–H and O–H groups in total. The SMILES string of the molecule is CC(NC1CCc2ccccc21)c1ccc(Cl)s1. The first-order chi connectivity index (χ1) is 8.74. The highest BCUT2D eigenvalue weighted by molar-refractivity contribution is 7.16. The molecule has 1 nitrogen and oxygen atoms in total. The van der Waals surface area contributed by atoms with Crippen LogP contribution in [0.15, 0.2) is 36.4 Å². The van der Waals surface area contributed by atoms with Gasteiger partial charge in [0.25, 0.3) is 0 Å². The van der Waals surface area contributed by atoms with Gasteiger partial charge in [0.05, 0.1) is 4.34 Å². The average Bonchev–Trinajstić information content (AvgIpc) is 2.97. The van der Waals surface area contributed by atoms with Crippen LogP contribution in [0.2, 0.25) is 4.34 Å². The molecule has 1 heterocycles. The molecule has 1 aromatic heterocycles. The van der Waals surface area contributed by atoms with Gasteiger partial charge >= 0.3 is 0 Å². The minimum atomic E-state index is 0.360. The molecule has 1 aliphatic rings. The van der Waals surface area contributed by atoms with Crippen molar-refractivity contribution in [3.8, 4) is 0 Å². The zero-order chi connectivity index (χ0) is 12.5. The molecule has 0 fully saturated rings. The van der Waals surface area contributed by atoms with Gasteiger partial charge in [0.1, 0.15) is 0 Å². The van der Waals surface area contributed by atoms with E-state index in [4.69, 9.17) is 11.6 Å². The lowest BCUT2D eigenvalue weighted by molar-refractivity contribution is 0.469. The number of hydrogen-bond donors (Lipinski definition) is 1. The van der Waals surface area contributed by atoms with Crippen LogP contribution in [-0.4, -0.2) is 0 Å². The lowest BCUT2D eigenvalue weighted by Crippen LogP contribution is -2.22. The second-order valence-electron chi connectivity index (χ2n) is 4.82. The summed E-state index contributed by atoms with van der Waals surface area (Å²) in [6.45, 7) is 2.21. The van der Waals surface area contributed by atoms with Gasteiger partial charge in [-0.2, -0.15) is 0 Å². The summed E-state index contributed by atoms with van der Waals surface area (Å²) < 4.78 is 0.866. The van der Waals surface area contributed by atoms with Gasteiger partial charge in [-0.15, -0.1) is 11.3 Å². The Hall–Kier alpha value is -0.830. The minimum absolute atomic E-state index is 0.360. The van der Waals surface area contributed by atoms with Gasteiger partial charge in [0, 0.05) is 17.0 Å². The summed E-state index contributed by atoms with van der Waals surface area (Å²) in [5.41, 5.74) is 2.96. The standard InChI is InChI=1S/C15H16ClNS/c1-10(14-8-9-15(16)18-14)17-13-7-6-11-4-2-3-5-12(11)13/h2-5,8-10,13,17H,6-7H2,1H3. The van der Waals surface area contributed by atoms with Crippen LogP contribution in [0.3, 0.4) is 0 Å². The number of hydrogen-bond acceptors (Lipinski definition) is 2. The van der Waals surface area contributed by atoms with Gasteiger partial charge in [-0.05, 0) is 43.0 Å². The van der Waals surface area contributed by atoms with Gasteiger partial charge in [-0.3, -0.25) is 0 Å². The Morgan fingerprint density at radius 3 is 2.89 bits per heavy atom. The van der Waals surface area contributed by atoms with Crippen LogP contribution in [0.5, 0.6) is 0 Å².